The third-order valence-corrected chi connectivity index (χ3v) is 6.15. The van der Waals surface area contributed by atoms with Crippen LogP contribution in [0.2, 0.25) is 0 Å². The predicted molar refractivity (Wildman–Crippen MR) is 112 cm³/mol. The predicted octanol–water partition coefficient (Wildman–Crippen LogP) is 4.13. The fourth-order valence-corrected chi connectivity index (χ4v) is 4.71. The summed E-state index contributed by atoms with van der Waals surface area (Å²) in [6.45, 7) is 3.17. The standard InChI is InChI=1S/C23H30N2O3/c1-26-20-8-4-6-18(15-20)24-12-13-25-19(16-24)7-5-9-21(25)17-10-11-22(27-2)23(14-17)28-3/h4,6,8,10-11,14-15,19,21H,5,7,9,12-13,16H2,1-3H3. The van der Waals surface area contributed by atoms with Crippen LogP contribution in [0.25, 0.3) is 0 Å². The number of benzene rings is 2. The average Bonchev–Trinajstić information content (AvgIpc) is 2.77. The number of ether oxygens (including phenoxy) is 3. The summed E-state index contributed by atoms with van der Waals surface area (Å²) in [5.74, 6) is 2.53. The van der Waals surface area contributed by atoms with Crippen molar-refractivity contribution in [1.82, 2.24) is 4.90 Å². The largest absolute Gasteiger partial charge is 0.497 e. The van der Waals surface area contributed by atoms with Gasteiger partial charge in [0.25, 0.3) is 0 Å². The van der Waals surface area contributed by atoms with Crippen LogP contribution < -0.4 is 19.1 Å². The van der Waals surface area contributed by atoms with Crippen molar-refractivity contribution >= 4 is 5.69 Å². The van der Waals surface area contributed by atoms with Crippen LogP contribution in [0.3, 0.4) is 0 Å². The van der Waals surface area contributed by atoms with Gasteiger partial charge in [-0.05, 0) is 49.1 Å². The zero-order chi connectivity index (χ0) is 19.5. The number of methoxy groups -OCH3 is 3. The first-order chi connectivity index (χ1) is 13.7. The molecule has 0 amide bonds. The lowest BCUT2D eigenvalue weighted by atomic mass is 9.89. The molecule has 2 unspecified atom stereocenters. The Morgan fingerprint density at radius 3 is 2.50 bits per heavy atom. The van der Waals surface area contributed by atoms with Crippen molar-refractivity contribution in [2.45, 2.75) is 31.3 Å². The number of rotatable bonds is 5. The van der Waals surface area contributed by atoms with Crippen molar-refractivity contribution in [3.63, 3.8) is 0 Å². The Bertz CT molecular complexity index is 810. The molecule has 2 fully saturated rings. The first-order valence-corrected chi connectivity index (χ1v) is 10.1. The number of hydrogen-bond donors (Lipinski definition) is 0. The van der Waals surface area contributed by atoms with E-state index >= 15 is 0 Å². The highest BCUT2D eigenvalue weighted by molar-refractivity contribution is 5.51. The Hall–Kier alpha value is -2.40. The van der Waals surface area contributed by atoms with Gasteiger partial charge < -0.3 is 19.1 Å². The second-order valence-electron chi connectivity index (χ2n) is 7.60. The number of fused-ring (bicyclic) bond motifs is 1. The van der Waals surface area contributed by atoms with Crippen LogP contribution in [-0.2, 0) is 0 Å². The molecule has 5 nitrogen and oxygen atoms in total. The van der Waals surface area contributed by atoms with E-state index in [1.807, 2.05) is 12.1 Å². The maximum atomic E-state index is 5.54. The number of piperidine rings is 1. The topological polar surface area (TPSA) is 34.2 Å². The number of anilines is 1. The third kappa shape index (κ3) is 3.63. The van der Waals surface area contributed by atoms with Gasteiger partial charge in [-0.25, -0.2) is 0 Å². The van der Waals surface area contributed by atoms with E-state index in [1.54, 1.807) is 21.3 Å². The number of nitrogens with zero attached hydrogens (tertiary/aromatic N) is 2. The number of hydrogen-bond acceptors (Lipinski definition) is 5. The second-order valence-corrected chi connectivity index (χ2v) is 7.60. The lowest BCUT2D eigenvalue weighted by Gasteiger charge is -2.49. The van der Waals surface area contributed by atoms with Crippen LogP contribution in [0.4, 0.5) is 5.69 Å². The van der Waals surface area contributed by atoms with Crippen LogP contribution in [0.5, 0.6) is 17.2 Å². The van der Waals surface area contributed by atoms with Crippen LogP contribution in [-0.4, -0.2) is 51.9 Å². The summed E-state index contributed by atoms with van der Waals surface area (Å²) in [4.78, 5) is 5.20. The average molecular weight is 383 g/mol. The van der Waals surface area contributed by atoms with Crippen molar-refractivity contribution in [2.75, 3.05) is 45.9 Å². The lowest BCUT2D eigenvalue weighted by Crippen LogP contribution is -2.55. The molecule has 0 radical (unpaired) electrons. The van der Waals surface area contributed by atoms with E-state index < -0.39 is 0 Å². The van der Waals surface area contributed by atoms with Gasteiger partial charge >= 0.3 is 0 Å². The Labute approximate surface area is 167 Å². The lowest BCUT2D eigenvalue weighted by molar-refractivity contribution is 0.0715. The van der Waals surface area contributed by atoms with Gasteiger partial charge in [0.1, 0.15) is 5.75 Å². The van der Waals surface area contributed by atoms with Crippen molar-refractivity contribution < 1.29 is 14.2 Å². The number of piperazine rings is 1. The van der Waals surface area contributed by atoms with Crippen molar-refractivity contribution in [1.29, 1.82) is 0 Å². The van der Waals surface area contributed by atoms with Crippen molar-refractivity contribution in [3.05, 3.63) is 48.0 Å². The molecule has 28 heavy (non-hydrogen) atoms. The minimum absolute atomic E-state index is 0.450. The molecular weight excluding hydrogens is 352 g/mol. The monoisotopic (exact) mass is 382 g/mol. The highest BCUT2D eigenvalue weighted by Gasteiger charge is 2.36. The zero-order valence-corrected chi connectivity index (χ0v) is 17.1. The first kappa shape index (κ1) is 18.9. The summed E-state index contributed by atoms with van der Waals surface area (Å²) >= 11 is 0. The summed E-state index contributed by atoms with van der Waals surface area (Å²) in [6.07, 6.45) is 3.71. The van der Waals surface area contributed by atoms with E-state index in [2.05, 4.69) is 40.1 Å². The summed E-state index contributed by atoms with van der Waals surface area (Å²) in [6, 6.07) is 15.8. The fraction of sp³-hybridized carbons (Fsp3) is 0.478. The Balaban J connectivity index is 1.52. The Morgan fingerprint density at radius 2 is 1.71 bits per heavy atom. The zero-order valence-electron chi connectivity index (χ0n) is 17.1. The summed E-state index contributed by atoms with van der Waals surface area (Å²) in [5.41, 5.74) is 2.59. The molecule has 2 aliphatic heterocycles. The highest BCUT2D eigenvalue weighted by Crippen LogP contribution is 2.40. The molecular formula is C23H30N2O3. The molecule has 0 aromatic heterocycles. The van der Waals surface area contributed by atoms with Gasteiger partial charge in [-0.2, -0.15) is 0 Å². The molecule has 5 heteroatoms. The Kier molecular flexibility index (Phi) is 5.62. The molecule has 2 heterocycles. The molecule has 0 bridgehead atoms. The van der Waals surface area contributed by atoms with Gasteiger partial charge in [0.05, 0.1) is 21.3 Å². The normalized spacial score (nSPS) is 22.5. The summed E-state index contributed by atoms with van der Waals surface area (Å²) in [7, 11) is 5.12. The molecule has 0 spiro atoms. The summed E-state index contributed by atoms with van der Waals surface area (Å²) < 4.78 is 16.4. The molecule has 2 aromatic rings. The van der Waals surface area contributed by atoms with Gasteiger partial charge in [0.15, 0.2) is 11.5 Å². The maximum Gasteiger partial charge on any atom is 0.161 e. The molecule has 4 rings (SSSR count). The molecule has 2 atom stereocenters. The summed E-state index contributed by atoms with van der Waals surface area (Å²) in [5, 5.41) is 0. The molecule has 2 aromatic carbocycles. The van der Waals surface area contributed by atoms with Gasteiger partial charge in [0, 0.05) is 43.5 Å². The van der Waals surface area contributed by atoms with Crippen molar-refractivity contribution in [2.24, 2.45) is 0 Å². The van der Waals surface area contributed by atoms with Crippen LogP contribution in [0.1, 0.15) is 30.9 Å². The van der Waals surface area contributed by atoms with Gasteiger partial charge in [-0.15, -0.1) is 0 Å². The smallest absolute Gasteiger partial charge is 0.161 e. The van der Waals surface area contributed by atoms with E-state index in [0.717, 1.165) is 36.9 Å². The van der Waals surface area contributed by atoms with E-state index in [0.29, 0.717) is 12.1 Å². The minimum atomic E-state index is 0.450. The molecule has 0 N–H and O–H groups in total. The third-order valence-electron chi connectivity index (χ3n) is 6.15. The molecule has 0 aliphatic carbocycles. The second kappa shape index (κ2) is 8.31. The quantitative estimate of drug-likeness (QED) is 0.777. The van der Waals surface area contributed by atoms with E-state index in [-0.39, 0.29) is 0 Å². The minimum Gasteiger partial charge on any atom is -0.497 e. The van der Waals surface area contributed by atoms with Crippen LogP contribution in [0.15, 0.2) is 42.5 Å². The van der Waals surface area contributed by atoms with Crippen molar-refractivity contribution in [3.8, 4) is 17.2 Å². The van der Waals surface area contributed by atoms with Gasteiger partial charge in [-0.3, -0.25) is 4.90 Å². The van der Waals surface area contributed by atoms with Gasteiger partial charge in [-0.1, -0.05) is 12.1 Å². The van der Waals surface area contributed by atoms with E-state index in [1.165, 1.54) is 30.5 Å². The van der Waals surface area contributed by atoms with E-state index in [4.69, 9.17) is 14.2 Å². The van der Waals surface area contributed by atoms with Crippen LogP contribution in [0, 0.1) is 0 Å². The van der Waals surface area contributed by atoms with Gasteiger partial charge in [0.2, 0.25) is 0 Å². The van der Waals surface area contributed by atoms with Crippen LogP contribution >= 0.6 is 0 Å². The van der Waals surface area contributed by atoms with E-state index in [9.17, 15) is 0 Å². The molecule has 2 saturated heterocycles. The maximum absolute atomic E-state index is 5.54. The molecule has 2 aliphatic rings. The SMILES string of the molecule is COc1cccc(N2CCN3C(CCCC3c3ccc(OC)c(OC)c3)C2)c1. The highest BCUT2D eigenvalue weighted by atomic mass is 16.5. The molecule has 0 saturated carbocycles. The Morgan fingerprint density at radius 1 is 0.857 bits per heavy atom. The fourth-order valence-electron chi connectivity index (χ4n) is 4.71. The molecule has 150 valence electrons. The first-order valence-electron chi connectivity index (χ1n) is 10.1.